The minimum absolute atomic E-state index is 0.113. The second kappa shape index (κ2) is 6.65. The van der Waals surface area contributed by atoms with E-state index in [9.17, 15) is 14.0 Å². The third-order valence-electron chi connectivity index (χ3n) is 5.63. The van der Waals surface area contributed by atoms with Gasteiger partial charge in [0.25, 0.3) is 0 Å². The highest BCUT2D eigenvalue weighted by Gasteiger charge is 2.45. The van der Waals surface area contributed by atoms with Crippen LogP contribution in [-0.4, -0.2) is 46.9 Å². The van der Waals surface area contributed by atoms with Crippen LogP contribution in [0.1, 0.15) is 37.7 Å². The zero-order chi connectivity index (χ0) is 17.4. The van der Waals surface area contributed by atoms with Crippen LogP contribution in [0, 0.1) is 11.7 Å². The second-order valence-corrected chi connectivity index (χ2v) is 7.43. The SMILES string of the molecule is O=C1CC[C@H]2[C@H](CCN2C(=O)NCc2cccc(F)c2)N1CC1CC1. The van der Waals surface area contributed by atoms with Gasteiger partial charge in [-0.25, -0.2) is 9.18 Å². The first-order valence-corrected chi connectivity index (χ1v) is 9.20. The van der Waals surface area contributed by atoms with Gasteiger partial charge in [-0.2, -0.15) is 0 Å². The molecular formula is C19H24FN3O2. The maximum atomic E-state index is 13.2. The number of carbonyl (C=O) groups excluding carboxylic acids is 2. The van der Waals surface area contributed by atoms with Gasteiger partial charge in [0.1, 0.15) is 5.82 Å². The van der Waals surface area contributed by atoms with Crippen LogP contribution in [0.3, 0.4) is 0 Å². The number of urea groups is 1. The molecule has 0 spiro atoms. The van der Waals surface area contributed by atoms with Gasteiger partial charge in [-0.1, -0.05) is 12.1 Å². The van der Waals surface area contributed by atoms with Crippen LogP contribution in [0.25, 0.3) is 0 Å². The van der Waals surface area contributed by atoms with Crippen molar-refractivity contribution in [3.8, 4) is 0 Å². The number of fused-ring (bicyclic) bond motifs is 1. The highest BCUT2D eigenvalue weighted by atomic mass is 19.1. The number of carbonyl (C=O) groups is 2. The molecule has 0 aromatic heterocycles. The van der Waals surface area contributed by atoms with Gasteiger partial charge in [-0.05, 0) is 49.3 Å². The van der Waals surface area contributed by atoms with Crippen LogP contribution < -0.4 is 5.32 Å². The number of nitrogens with one attached hydrogen (secondary N) is 1. The number of likely N-dealkylation sites (tertiary alicyclic amines) is 2. The summed E-state index contributed by atoms with van der Waals surface area (Å²) in [5.74, 6) is 0.614. The Balaban J connectivity index is 1.38. The Hall–Kier alpha value is -2.11. The molecule has 3 fully saturated rings. The Labute approximate surface area is 147 Å². The highest BCUT2D eigenvalue weighted by molar-refractivity contribution is 5.79. The number of hydrogen-bond acceptors (Lipinski definition) is 2. The van der Waals surface area contributed by atoms with Crippen molar-refractivity contribution < 1.29 is 14.0 Å². The van der Waals surface area contributed by atoms with Crippen molar-refractivity contribution >= 4 is 11.9 Å². The first-order valence-electron chi connectivity index (χ1n) is 9.20. The van der Waals surface area contributed by atoms with Crippen molar-refractivity contribution in [2.75, 3.05) is 13.1 Å². The van der Waals surface area contributed by atoms with Gasteiger partial charge < -0.3 is 15.1 Å². The lowest BCUT2D eigenvalue weighted by molar-refractivity contribution is -0.137. The quantitative estimate of drug-likeness (QED) is 0.912. The third kappa shape index (κ3) is 3.48. The van der Waals surface area contributed by atoms with Crippen LogP contribution >= 0.6 is 0 Å². The number of hydrogen-bond donors (Lipinski definition) is 1. The molecule has 134 valence electrons. The Morgan fingerprint density at radius 3 is 2.80 bits per heavy atom. The lowest BCUT2D eigenvalue weighted by Gasteiger charge is -2.39. The standard InChI is InChI=1S/C19H24FN3O2/c20-15-3-1-2-14(10-15)11-21-19(25)22-9-8-17-16(22)6-7-18(24)23(17)12-13-4-5-13/h1-3,10,13,16-17H,4-9,11-12H2,(H,21,25)/t16-,17-/m0/s1. The van der Waals surface area contributed by atoms with Crippen molar-refractivity contribution in [2.45, 2.75) is 50.7 Å². The Bertz CT molecular complexity index is 676. The summed E-state index contributed by atoms with van der Waals surface area (Å²) in [5.41, 5.74) is 0.748. The summed E-state index contributed by atoms with van der Waals surface area (Å²) < 4.78 is 13.2. The molecular weight excluding hydrogens is 321 g/mol. The molecule has 0 unspecified atom stereocenters. The second-order valence-electron chi connectivity index (χ2n) is 7.43. The first-order chi connectivity index (χ1) is 12.1. The highest BCUT2D eigenvalue weighted by Crippen LogP contribution is 2.36. The normalized spacial score (nSPS) is 25.9. The molecule has 3 amide bonds. The molecule has 25 heavy (non-hydrogen) atoms. The van der Waals surface area contributed by atoms with E-state index in [4.69, 9.17) is 0 Å². The van der Waals surface area contributed by atoms with Crippen molar-refractivity contribution in [2.24, 2.45) is 5.92 Å². The van der Waals surface area contributed by atoms with Crippen LogP contribution in [0.5, 0.6) is 0 Å². The zero-order valence-corrected chi connectivity index (χ0v) is 14.3. The molecule has 5 nitrogen and oxygen atoms in total. The molecule has 0 bridgehead atoms. The summed E-state index contributed by atoms with van der Waals surface area (Å²) in [6, 6.07) is 6.44. The summed E-state index contributed by atoms with van der Waals surface area (Å²) >= 11 is 0. The predicted octanol–water partition coefficient (Wildman–Crippen LogP) is 2.51. The number of nitrogens with zero attached hydrogens (tertiary/aromatic N) is 2. The monoisotopic (exact) mass is 345 g/mol. The van der Waals surface area contributed by atoms with Gasteiger partial charge in [0.2, 0.25) is 5.91 Å². The fraction of sp³-hybridized carbons (Fsp3) is 0.579. The zero-order valence-electron chi connectivity index (χ0n) is 14.3. The van der Waals surface area contributed by atoms with Crippen LogP contribution in [-0.2, 0) is 11.3 Å². The van der Waals surface area contributed by atoms with Gasteiger partial charge in [0, 0.05) is 26.1 Å². The van der Waals surface area contributed by atoms with Crippen molar-refractivity contribution in [3.05, 3.63) is 35.6 Å². The van der Waals surface area contributed by atoms with E-state index in [2.05, 4.69) is 5.32 Å². The van der Waals surface area contributed by atoms with Crippen molar-refractivity contribution in [1.29, 1.82) is 0 Å². The fourth-order valence-corrected chi connectivity index (χ4v) is 4.14. The average molecular weight is 345 g/mol. The maximum absolute atomic E-state index is 13.2. The van der Waals surface area contributed by atoms with E-state index in [1.165, 1.54) is 25.0 Å². The maximum Gasteiger partial charge on any atom is 0.317 e. The molecule has 4 rings (SSSR count). The molecule has 6 heteroatoms. The molecule has 1 aromatic carbocycles. The molecule has 1 N–H and O–H groups in total. The fourth-order valence-electron chi connectivity index (χ4n) is 4.14. The number of amides is 3. The summed E-state index contributed by atoms with van der Waals surface area (Å²) in [4.78, 5) is 28.8. The summed E-state index contributed by atoms with van der Waals surface area (Å²) in [5, 5.41) is 2.90. The van der Waals surface area contributed by atoms with Crippen LogP contribution in [0.2, 0.25) is 0 Å². The van der Waals surface area contributed by atoms with E-state index < -0.39 is 0 Å². The predicted molar refractivity (Wildman–Crippen MR) is 91.2 cm³/mol. The molecule has 2 heterocycles. The van der Waals surface area contributed by atoms with E-state index in [1.54, 1.807) is 12.1 Å². The van der Waals surface area contributed by atoms with Gasteiger partial charge in [-0.3, -0.25) is 4.79 Å². The molecule has 2 atom stereocenters. The van der Waals surface area contributed by atoms with Gasteiger partial charge >= 0.3 is 6.03 Å². The minimum Gasteiger partial charge on any atom is -0.337 e. The first kappa shape index (κ1) is 16.4. The number of benzene rings is 1. The molecule has 2 aliphatic heterocycles. The van der Waals surface area contributed by atoms with Crippen LogP contribution in [0.4, 0.5) is 9.18 Å². The molecule has 3 aliphatic rings. The van der Waals surface area contributed by atoms with Crippen molar-refractivity contribution in [3.63, 3.8) is 0 Å². The lowest BCUT2D eigenvalue weighted by Crippen LogP contribution is -2.55. The number of rotatable bonds is 4. The van der Waals surface area contributed by atoms with E-state index in [-0.39, 0.29) is 29.8 Å². The van der Waals surface area contributed by atoms with E-state index in [1.807, 2.05) is 9.80 Å². The van der Waals surface area contributed by atoms with E-state index in [0.29, 0.717) is 25.4 Å². The van der Waals surface area contributed by atoms with Gasteiger partial charge in [0.15, 0.2) is 0 Å². The third-order valence-corrected chi connectivity index (χ3v) is 5.63. The smallest absolute Gasteiger partial charge is 0.317 e. The minimum atomic E-state index is -0.297. The number of piperidine rings is 1. The Morgan fingerprint density at radius 1 is 1.20 bits per heavy atom. The largest absolute Gasteiger partial charge is 0.337 e. The Kier molecular flexibility index (Phi) is 4.36. The molecule has 0 radical (unpaired) electrons. The average Bonchev–Trinajstić information content (AvgIpc) is 3.31. The topological polar surface area (TPSA) is 52.7 Å². The molecule has 1 saturated carbocycles. The van der Waals surface area contributed by atoms with E-state index in [0.717, 1.165) is 24.9 Å². The van der Waals surface area contributed by atoms with Gasteiger partial charge in [-0.15, -0.1) is 0 Å². The van der Waals surface area contributed by atoms with Crippen LogP contribution in [0.15, 0.2) is 24.3 Å². The Morgan fingerprint density at radius 2 is 2.04 bits per heavy atom. The summed E-state index contributed by atoms with van der Waals surface area (Å²) in [6.45, 7) is 1.85. The summed E-state index contributed by atoms with van der Waals surface area (Å²) in [7, 11) is 0. The molecule has 1 aliphatic carbocycles. The summed E-state index contributed by atoms with van der Waals surface area (Å²) in [6.07, 6.45) is 4.58. The lowest BCUT2D eigenvalue weighted by atomic mass is 9.96. The molecule has 2 saturated heterocycles. The molecule has 1 aromatic rings. The van der Waals surface area contributed by atoms with Crippen molar-refractivity contribution in [1.82, 2.24) is 15.1 Å². The van der Waals surface area contributed by atoms with Gasteiger partial charge in [0.05, 0.1) is 12.1 Å². The van der Waals surface area contributed by atoms with E-state index >= 15 is 0 Å². The number of halogens is 1.